The Kier molecular flexibility index (Phi) is 5.26. The first-order valence-electron chi connectivity index (χ1n) is 6.53. The Morgan fingerprint density at radius 1 is 1.25 bits per heavy atom. The van der Waals surface area contributed by atoms with Crippen molar-refractivity contribution in [1.82, 2.24) is 4.90 Å². The predicted octanol–water partition coefficient (Wildman–Crippen LogP) is 2.59. The van der Waals surface area contributed by atoms with E-state index in [1.807, 2.05) is 6.92 Å². The van der Waals surface area contributed by atoms with Gasteiger partial charge in [-0.1, -0.05) is 13.3 Å². The largest absolute Gasteiger partial charge is 0.466 e. The molecule has 1 atom stereocenters. The van der Waals surface area contributed by atoms with Crippen molar-refractivity contribution < 1.29 is 9.53 Å². The molecule has 0 spiro atoms. The van der Waals surface area contributed by atoms with Gasteiger partial charge < -0.3 is 4.74 Å². The van der Waals surface area contributed by atoms with E-state index in [0.717, 1.165) is 19.5 Å². The van der Waals surface area contributed by atoms with E-state index in [0.29, 0.717) is 13.0 Å². The highest BCUT2D eigenvalue weighted by Crippen LogP contribution is 2.27. The van der Waals surface area contributed by atoms with Gasteiger partial charge in [0.15, 0.2) is 0 Å². The Balaban J connectivity index is 2.56. The lowest BCUT2D eigenvalue weighted by atomic mass is 9.90. The number of carbonyl (C=O) groups is 1. The highest BCUT2D eigenvalue weighted by atomic mass is 16.5. The van der Waals surface area contributed by atoms with Gasteiger partial charge in [0.1, 0.15) is 0 Å². The first-order valence-corrected chi connectivity index (χ1v) is 6.53. The maximum Gasteiger partial charge on any atom is 0.307 e. The molecule has 0 unspecified atom stereocenters. The molecule has 1 rings (SSSR count). The van der Waals surface area contributed by atoms with Crippen LogP contribution in [0.25, 0.3) is 0 Å². The van der Waals surface area contributed by atoms with Crippen molar-refractivity contribution >= 4 is 5.97 Å². The summed E-state index contributed by atoms with van der Waals surface area (Å²) in [6.45, 7) is 8.96. The first kappa shape index (κ1) is 13.5. The molecule has 0 amide bonds. The summed E-state index contributed by atoms with van der Waals surface area (Å²) < 4.78 is 5.06. The molecule has 1 fully saturated rings. The Labute approximate surface area is 99.1 Å². The highest BCUT2D eigenvalue weighted by Gasteiger charge is 2.33. The molecule has 3 heteroatoms. The molecule has 0 aromatic heterocycles. The van der Waals surface area contributed by atoms with Crippen LogP contribution in [0.5, 0.6) is 0 Å². The van der Waals surface area contributed by atoms with Gasteiger partial charge in [-0.25, -0.2) is 0 Å². The zero-order chi connectivity index (χ0) is 12.0. The molecule has 94 valence electrons. The van der Waals surface area contributed by atoms with Crippen LogP contribution in [0.15, 0.2) is 0 Å². The minimum absolute atomic E-state index is 0.00727. The SMILES string of the molecule is CCOC(=O)C[C@](C)(CC)N1CCCCC1. The zero-order valence-corrected chi connectivity index (χ0v) is 10.9. The van der Waals surface area contributed by atoms with Gasteiger partial charge in [0.05, 0.1) is 13.0 Å². The summed E-state index contributed by atoms with van der Waals surface area (Å²) in [7, 11) is 0. The molecule has 16 heavy (non-hydrogen) atoms. The summed E-state index contributed by atoms with van der Waals surface area (Å²) in [5, 5.41) is 0. The molecule has 0 N–H and O–H groups in total. The molecule has 0 bridgehead atoms. The Bertz CT molecular complexity index is 224. The normalized spacial score (nSPS) is 21.4. The predicted molar refractivity (Wildman–Crippen MR) is 65.4 cm³/mol. The molecule has 1 saturated heterocycles. The molecule has 0 saturated carbocycles. The number of hydrogen-bond donors (Lipinski definition) is 0. The lowest BCUT2D eigenvalue weighted by Gasteiger charge is -2.42. The third-order valence-corrected chi connectivity index (χ3v) is 3.71. The fourth-order valence-electron chi connectivity index (χ4n) is 2.42. The quantitative estimate of drug-likeness (QED) is 0.676. The average molecular weight is 227 g/mol. The molecular formula is C13H25NO2. The average Bonchev–Trinajstić information content (AvgIpc) is 2.30. The number of piperidine rings is 1. The van der Waals surface area contributed by atoms with Gasteiger partial charge in [-0.2, -0.15) is 0 Å². The standard InChI is InChI=1S/C13H25NO2/c1-4-13(3,11-12(15)16-5-2)14-9-7-6-8-10-14/h4-11H2,1-3H3/t13-/m0/s1. The van der Waals surface area contributed by atoms with E-state index >= 15 is 0 Å². The van der Waals surface area contributed by atoms with Crippen molar-refractivity contribution in [2.45, 2.75) is 58.4 Å². The second-order valence-corrected chi connectivity index (χ2v) is 4.88. The summed E-state index contributed by atoms with van der Waals surface area (Å²) in [6.07, 6.45) is 5.38. The summed E-state index contributed by atoms with van der Waals surface area (Å²) >= 11 is 0. The van der Waals surface area contributed by atoms with Crippen LogP contribution < -0.4 is 0 Å². The first-order chi connectivity index (χ1) is 7.62. The number of rotatable bonds is 5. The molecular weight excluding hydrogens is 202 g/mol. The van der Waals surface area contributed by atoms with Gasteiger partial charge in [-0.3, -0.25) is 9.69 Å². The molecule has 1 aliphatic rings. The van der Waals surface area contributed by atoms with Crippen molar-refractivity contribution in [3.05, 3.63) is 0 Å². The van der Waals surface area contributed by atoms with Crippen LogP contribution in [0.4, 0.5) is 0 Å². The van der Waals surface area contributed by atoms with E-state index in [1.54, 1.807) is 0 Å². The van der Waals surface area contributed by atoms with Gasteiger partial charge in [0, 0.05) is 5.54 Å². The van der Waals surface area contributed by atoms with Crippen molar-refractivity contribution in [3.63, 3.8) is 0 Å². The third-order valence-electron chi connectivity index (χ3n) is 3.71. The Hall–Kier alpha value is -0.570. The third kappa shape index (κ3) is 3.48. The number of ether oxygens (including phenoxy) is 1. The lowest BCUT2D eigenvalue weighted by Crippen LogP contribution is -2.49. The van der Waals surface area contributed by atoms with Crippen LogP contribution in [-0.4, -0.2) is 36.1 Å². The molecule has 0 aromatic rings. The van der Waals surface area contributed by atoms with Gasteiger partial charge in [-0.05, 0) is 46.2 Å². The smallest absolute Gasteiger partial charge is 0.307 e. The molecule has 0 radical (unpaired) electrons. The van der Waals surface area contributed by atoms with E-state index in [1.165, 1.54) is 19.3 Å². The monoisotopic (exact) mass is 227 g/mol. The van der Waals surface area contributed by atoms with Crippen LogP contribution in [0.1, 0.15) is 52.9 Å². The van der Waals surface area contributed by atoms with E-state index < -0.39 is 0 Å². The van der Waals surface area contributed by atoms with E-state index in [4.69, 9.17) is 4.74 Å². The Morgan fingerprint density at radius 2 is 1.88 bits per heavy atom. The second-order valence-electron chi connectivity index (χ2n) is 4.88. The topological polar surface area (TPSA) is 29.5 Å². The van der Waals surface area contributed by atoms with Crippen molar-refractivity contribution in [2.75, 3.05) is 19.7 Å². The van der Waals surface area contributed by atoms with Crippen LogP contribution >= 0.6 is 0 Å². The molecule has 0 aliphatic carbocycles. The van der Waals surface area contributed by atoms with Crippen molar-refractivity contribution in [3.8, 4) is 0 Å². The number of hydrogen-bond acceptors (Lipinski definition) is 3. The fourth-order valence-corrected chi connectivity index (χ4v) is 2.42. The van der Waals surface area contributed by atoms with Gasteiger partial charge in [0.2, 0.25) is 0 Å². The highest BCUT2D eigenvalue weighted by molar-refractivity contribution is 5.70. The lowest BCUT2D eigenvalue weighted by molar-refractivity contribution is -0.146. The van der Waals surface area contributed by atoms with Crippen LogP contribution in [-0.2, 0) is 9.53 Å². The fraction of sp³-hybridized carbons (Fsp3) is 0.923. The van der Waals surface area contributed by atoms with Crippen molar-refractivity contribution in [1.29, 1.82) is 0 Å². The zero-order valence-electron chi connectivity index (χ0n) is 10.9. The van der Waals surface area contributed by atoms with E-state index in [9.17, 15) is 4.79 Å². The van der Waals surface area contributed by atoms with E-state index in [2.05, 4.69) is 18.7 Å². The number of nitrogens with zero attached hydrogens (tertiary/aromatic N) is 1. The molecule has 3 nitrogen and oxygen atoms in total. The molecule has 1 heterocycles. The number of likely N-dealkylation sites (tertiary alicyclic amines) is 1. The van der Waals surface area contributed by atoms with Gasteiger partial charge >= 0.3 is 5.97 Å². The Morgan fingerprint density at radius 3 is 2.38 bits per heavy atom. The second kappa shape index (κ2) is 6.24. The minimum atomic E-state index is -0.0579. The number of carbonyl (C=O) groups excluding carboxylic acids is 1. The van der Waals surface area contributed by atoms with Crippen LogP contribution in [0.2, 0.25) is 0 Å². The van der Waals surface area contributed by atoms with Crippen molar-refractivity contribution in [2.24, 2.45) is 0 Å². The summed E-state index contributed by atoms with van der Waals surface area (Å²) in [5.74, 6) is -0.0579. The minimum Gasteiger partial charge on any atom is -0.466 e. The summed E-state index contributed by atoms with van der Waals surface area (Å²) in [6, 6.07) is 0. The molecule has 1 aliphatic heterocycles. The maximum absolute atomic E-state index is 11.6. The number of esters is 1. The summed E-state index contributed by atoms with van der Waals surface area (Å²) in [5.41, 5.74) is -0.00727. The van der Waals surface area contributed by atoms with Gasteiger partial charge in [0.25, 0.3) is 0 Å². The van der Waals surface area contributed by atoms with Crippen LogP contribution in [0.3, 0.4) is 0 Å². The molecule has 0 aromatic carbocycles. The van der Waals surface area contributed by atoms with Gasteiger partial charge in [-0.15, -0.1) is 0 Å². The van der Waals surface area contributed by atoms with E-state index in [-0.39, 0.29) is 11.5 Å². The summed E-state index contributed by atoms with van der Waals surface area (Å²) in [4.78, 5) is 14.1. The van der Waals surface area contributed by atoms with Crippen LogP contribution in [0, 0.1) is 0 Å². The maximum atomic E-state index is 11.6.